The SMILES string of the molecule is CC(=O)N1c2ccc(CCBr)cc2CC1C. The highest BCUT2D eigenvalue weighted by molar-refractivity contribution is 9.09. The largest absolute Gasteiger partial charge is 0.309 e. The van der Waals surface area contributed by atoms with Gasteiger partial charge in [-0.1, -0.05) is 28.1 Å². The molecule has 1 heterocycles. The predicted octanol–water partition coefficient (Wildman–Crippen LogP) is 2.92. The lowest BCUT2D eigenvalue weighted by Gasteiger charge is -2.20. The molecule has 0 aliphatic carbocycles. The Labute approximate surface area is 105 Å². The number of rotatable bonds is 2. The van der Waals surface area contributed by atoms with Crippen molar-refractivity contribution in [2.75, 3.05) is 10.2 Å². The van der Waals surface area contributed by atoms with Gasteiger partial charge in [0.05, 0.1) is 0 Å². The lowest BCUT2D eigenvalue weighted by molar-refractivity contribution is -0.116. The van der Waals surface area contributed by atoms with Crippen molar-refractivity contribution in [2.24, 2.45) is 0 Å². The summed E-state index contributed by atoms with van der Waals surface area (Å²) in [5.41, 5.74) is 3.74. The Morgan fingerprint density at radius 2 is 2.31 bits per heavy atom. The smallest absolute Gasteiger partial charge is 0.224 e. The van der Waals surface area contributed by atoms with E-state index in [1.165, 1.54) is 11.1 Å². The predicted molar refractivity (Wildman–Crippen MR) is 70.3 cm³/mol. The number of fused-ring (bicyclic) bond motifs is 1. The normalized spacial score (nSPS) is 18.7. The van der Waals surface area contributed by atoms with Crippen LogP contribution in [0.2, 0.25) is 0 Å². The summed E-state index contributed by atoms with van der Waals surface area (Å²) in [6.07, 6.45) is 2.02. The van der Waals surface area contributed by atoms with E-state index in [1.54, 1.807) is 6.92 Å². The number of benzene rings is 1. The monoisotopic (exact) mass is 281 g/mol. The summed E-state index contributed by atoms with van der Waals surface area (Å²) in [6.45, 7) is 3.74. The number of nitrogens with zero attached hydrogens (tertiary/aromatic N) is 1. The number of anilines is 1. The molecule has 0 saturated heterocycles. The molecule has 1 aromatic carbocycles. The Morgan fingerprint density at radius 3 is 2.94 bits per heavy atom. The molecular formula is C13H16BrNO. The second kappa shape index (κ2) is 4.58. The van der Waals surface area contributed by atoms with E-state index in [0.717, 1.165) is 23.9 Å². The maximum atomic E-state index is 11.5. The highest BCUT2D eigenvalue weighted by Gasteiger charge is 2.28. The summed E-state index contributed by atoms with van der Waals surface area (Å²) in [4.78, 5) is 13.4. The molecule has 0 spiro atoms. The molecule has 2 nitrogen and oxygen atoms in total. The Kier molecular flexibility index (Phi) is 3.33. The van der Waals surface area contributed by atoms with Crippen molar-refractivity contribution in [3.63, 3.8) is 0 Å². The zero-order valence-electron chi connectivity index (χ0n) is 9.66. The van der Waals surface area contributed by atoms with Crippen LogP contribution in [0.15, 0.2) is 18.2 Å². The molecule has 1 atom stereocenters. The molecule has 0 aromatic heterocycles. The lowest BCUT2D eigenvalue weighted by Crippen LogP contribution is -2.33. The second-order valence-electron chi connectivity index (χ2n) is 4.34. The minimum absolute atomic E-state index is 0.138. The molecule has 1 aromatic rings. The lowest BCUT2D eigenvalue weighted by atomic mass is 10.1. The minimum atomic E-state index is 0.138. The Bertz CT molecular complexity index is 416. The number of carbonyl (C=O) groups is 1. The van der Waals surface area contributed by atoms with Gasteiger partial charge in [-0.05, 0) is 37.0 Å². The number of amides is 1. The maximum absolute atomic E-state index is 11.5. The van der Waals surface area contributed by atoms with Crippen molar-refractivity contribution < 1.29 is 4.79 Å². The van der Waals surface area contributed by atoms with Crippen LogP contribution in [0.3, 0.4) is 0 Å². The van der Waals surface area contributed by atoms with Crippen molar-refractivity contribution in [3.8, 4) is 0 Å². The van der Waals surface area contributed by atoms with Crippen LogP contribution < -0.4 is 4.90 Å². The summed E-state index contributed by atoms with van der Waals surface area (Å²) in [5, 5.41) is 0.984. The third-order valence-electron chi connectivity index (χ3n) is 3.08. The van der Waals surface area contributed by atoms with Crippen LogP contribution in [0.4, 0.5) is 5.69 Å². The fourth-order valence-corrected chi connectivity index (χ4v) is 2.89. The van der Waals surface area contributed by atoms with Gasteiger partial charge in [-0.15, -0.1) is 0 Å². The van der Waals surface area contributed by atoms with Gasteiger partial charge in [0.2, 0.25) is 5.91 Å². The average Bonchev–Trinajstić information content (AvgIpc) is 2.53. The summed E-state index contributed by atoms with van der Waals surface area (Å²) in [6, 6.07) is 6.73. The molecule has 0 bridgehead atoms. The third kappa shape index (κ3) is 2.01. The first-order valence-electron chi connectivity index (χ1n) is 5.61. The fraction of sp³-hybridized carbons (Fsp3) is 0.462. The Balaban J connectivity index is 2.34. The molecule has 3 heteroatoms. The van der Waals surface area contributed by atoms with Crippen LogP contribution in [-0.4, -0.2) is 17.3 Å². The first-order chi connectivity index (χ1) is 7.63. The average molecular weight is 282 g/mol. The molecule has 0 saturated carbocycles. The summed E-state index contributed by atoms with van der Waals surface area (Å²) >= 11 is 3.45. The molecule has 2 rings (SSSR count). The fourth-order valence-electron chi connectivity index (χ4n) is 2.43. The number of hydrogen-bond acceptors (Lipinski definition) is 1. The molecular weight excluding hydrogens is 266 g/mol. The van der Waals surface area contributed by atoms with Gasteiger partial charge in [-0.2, -0.15) is 0 Å². The molecule has 1 aliphatic heterocycles. The minimum Gasteiger partial charge on any atom is -0.309 e. The second-order valence-corrected chi connectivity index (χ2v) is 5.14. The van der Waals surface area contributed by atoms with Crippen molar-refractivity contribution in [3.05, 3.63) is 29.3 Å². The van der Waals surface area contributed by atoms with Gasteiger partial charge in [0, 0.05) is 24.0 Å². The molecule has 86 valence electrons. The number of halogens is 1. The van der Waals surface area contributed by atoms with Crippen LogP contribution in [0.25, 0.3) is 0 Å². The standard InChI is InChI=1S/C13H16BrNO/c1-9-7-12-8-11(5-6-14)3-4-13(12)15(9)10(2)16/h3-4,8-9H,5-7H2,1-2H3. The highest BCUT2D eigenvalue weighted by Crippen LogP contribution is 2.32. The molecule has 1 aliphatic rings. The number of hydrogen-bond donors (Lipinski definition) is 0. The molecule has 0 N–H and O–H groups in total. The van der Waals surface area contributed by atoms with Crippen molar-refractivity contribution in [1.29, 1.82) is 0 Å². The number of alkyl halides is 1. The summed E-state index contributed by atoms with van der Waals surface area (Å²) < 4.78 is 0. The van der Waals surface area contributed by atoms with Gasteiger partial charge in [0.25, 0.3) is 0 Å². The topological polar surface area (TPSA) is 20.3 Å². The number of carbonyl (C=O) groups excluding carboxylic acids is 1. The van der Waals surface area contributed by atoms with Gasteiger partial charge in [-0.3, -0.25) is 4.79 Å². The highest BCUT2D eigenvalue weighted by atomic mass is 79.9. The molecule has 1 amide bonds. The van der Waals surface area contributed by atoms with Gasteiger partial charge in [0.15, 0.2) is 0 Å². The van der Waals surface area contributed by atoms with Gasteiger partial charge in [-0.25, -0.2) is 0 Å². The van der Waals surface area contributed by atoms with Crippen LogP contribution in [-0.2, 0) is 17.6 Å². The third-order valence-corrected chi connectivity index (χ3v) is 3.48. The van der Waals surface area contributed by atoms with E-state index in [2.05, 4.69) is 41.1 Å². The van der Waals surface area contributed by atoms with Crippen molar-refractivity contribution in [1.82, 2.24) is 0 Å². The van der Waals surface area contributed by atoms with Gasteiger partial charge < -0.3 is 4.90 Å². The van der Waals surface area contributed by atoms with E-state index in [-0.39, 0.29) is 5.91 Å². The van der Waals surface area contributed by atoms with E-state index in [0.29, 0.717) is 6.04 Å². The van der Waals surface area contributed by atoms with Crippen LogP contribution in [0.5, 0.6) is 0 Å². The maximum Gasteiger partial charge on any atom is 0.224 e. The summed E-state index contributed by atoms with van der Waals surface area (Å²) in [5.74, 6) is 0.138. The number of aryl methyl sites for hydroxylation is 1. The molecule has 1 unspecified atom stereocenters. The Morgan fingerprint density at radius 1 is 1.56 bits per heavy atom. The molecule has 0 fully saturated rings. The Hall–Kier alpha value is -0.830. The zero-order valence-corrected chi connectivity index (χ0v) is 11.3. The van der Waals surface area contributed by atoms with Gasteiger partial charge >= 0.3 is 0 Å². The molecule has 0 radical (unpaired) electrons. The quantitative estimate of drug-likeness (QED) is 0.764. The van der Waals surface area contributed by atoms with Crippen molar-refractivity contribution >= 4 is 27.5 Å². The van der Waals surface area contributed by atoms with Crippen LogP contribution >= 0.6 is 15.9 Å². The van der Waals surface area contributed by atoms with E-state index in [9.17, 15) is 4.79 Å². The first-order valence-corrected chi connectivity index (χ1v) is 6.73. The summed E-state index contributed by atoms with van der Waals surface area (Å²) in [7, 11) is 0. The van der Waals surface area contributed by atoms with Gasteiger partial charge in [0.1, 0.15) is 0 Å². The zero-order chi connectivity index (χ0) is 11.7. The van der Waals surface area contributed by atoms with Crippen LogP contribution in [0, 0.1) is 0 Å². The van der Waals surface area contributed by atoms with E-state index >= 15 is 0 Å². The first kappa shape index (κ1) is 11.6. The van der Waals surface area contributed by atoms with Crippen LogP contribution in [0.1, 0.15) is 25.0 Å². The van der Waals surface area contributed by atoms with E-state index < -0.39 is 0 Å². The van der Waals surface area contributed by atoms with E-state index in [1.807, 2.05) is 4.90 Å². The molecule has 16 heavy (non-hydrogen) atoms. The van der Waals surface area contributed by atoms with Crippen molar-refractivity contribution in [2.45, 2.75) is 32.7 Å². The van der Waals surface area contributed by atoms with E-state index in [4.69, 9.17) is 0 Å².